The van der Waals surface area contributed by atoms with Crippen molar-refractivity contribution in [1.82, 2.24) is 5.32 Å². The van der Waals surface area contributed by atoms with Crippen LogP contribution < -0.4 is 10.1 Å². The molecule has 2 aliphatic heterocycles. The first-order valence-corrected chi connectivity index (χ1v) is 9.66. The number of ether oxygens (including phenoxy) is 1. The van der Waals surface area contributed by atoms with E-state index in [2.05, 4.69) is 10.1 Å². The molecule has 1 aliphatic carbocycles. The van der Waals surface area contributed by atoms with Gasteiger partial charge in [0.15, 0.2) is 5.78 Å². The normalized spacial score (nSPS) is 22.0. The van der Waals surface area contributed by atoms with Gasteiger partial charge in [-0.05, 0) is 30.9 Å². The Morgan fingerprint density at radius 3 is 2.71 bits per heavy atom. The van der Waals surface area contributed by atoms with Crippen LogP contribution in [0.25, 0.3) is 0 Å². The Kier molecular flexibility index (Phi) is 4.60. The lowest BCUT2D eigenvalue weighted by Crippen LogP contribution is -2.30. The van der Waals surface area contributed by atoms with Crippen LogP contribution in [0.4, 0.5) is 18.9 Å². The largest absolute Gasteiger partial charge is 0.573 e. The summed E-state index contributed by atoms with van der Waals surface area (Å²) >= 11 is 1.57. The average Bonchev–Trinajstić information content (AvgIpc) is 3.07. The molecule has 0 saturated heterocycles. The molecule has 1 aromatic carbocycles. The van der Waals surface area contributed by atoms with Gasteiger partial charge in [0.25, 0.3) is 0 Å². The van der Waals surface area contributed by atoms with Gasteiger partial charge >= 0.3 is 12.0 Å². The third-order valence-corrected chi connectivity index (χ3v) is 6.16. The first kappa shape index (κ1) is 18.9. The Morgan fingerprint density at radius 1 is 1.21 bits per heavy atom. The second-order valence-corrected chi connectivity index (χ2v) is 7.84. The van der Waals surface area contributed by atoms with Gasteiger partial charge in [-0.3, -0.25) is 14.9 Å². The number of hydrogen-bond donors (Lipinski definition) is 1. The van der Waals surface area contributed by atoms with Crippen LogP contribution in [0.3, 0.4) is 0 Å². The second-order valence-electron chi connectivity index (χ2n) is 6.70. The van der Waals surface area contributed by atoms with E-state index in [0.717, 1.165) is 47.0 Å². The van der Waals surface area contributed by atoms with Crippen LogP contribution in [0.15, 0.2) is 40.1 Å². The van der Waals surface area contributed by atoms with Gasteiger partial charge in [0.2, 0.25) is 5.75 Å². The number of nitrogens with one attached hydrogen (secondary N) is 1. The van der Waals surface area contributed by atoms with E-state index in [1.165, 1.54) is 6.07 Å². The van der Waals surface area contributed by atoms with Gasteiger partial charge < -0.3 is 10.1 Å². The zero-order valence-electron chi connectivity index (χ0n) is 14.5. The van der Waals surface area contributed by atoms with Crippen LogP contribution in [0.5, 0.6) is 5.75 Å². The molecule has 0 amide bonds. The van der Waals surface area contributed by atoms with E-state index in [4.69, 9.17) is 0 Å². The number of Topliss-reactive ketones (excluding diaryl/α,β-unsaturated/α-hetero) is 1. The van der Waals surface area contributed by atoms with Crippen molar-refractivity contribution in [1.29, 1.82) is 0 Å². The van der Waals surface area contributed by atoms with Gasteiger partial charge in [-0.25, -0.2) is 0 Å². The highest BCUT2D eigenvalue weighted by molar-refractivity contribution is 8.03. The van der Waals surface area contributed by atoms with E-state index in [-0.39, 0.29) is 5.78 Å². The minimum Gasteiger partial charge on any atom is -0.398 e. The van der Waals surface area contributed by atoms with Crippen LogP contribution in [-0.2, 0) is 4.79 Å². The smallest absolute Gasteiger partial charge is 0.398 e. The topological polar surface area (TPSA) is 81.5 Å². The molecule has 0 radical (unpaired) electrons. The number of carbonyl (C=O) groups is 1. The minimum absolute atomic E-state index is 0.0314. The van der Waals surface area contributed by atoms with Crippen molar-refractivity contribution in [3.63, 3.8) is 0 Å². The fourth-order valence-corrected chi connectivity index (χ4v) is 5.16. The number of carbonyl (C=O) groups excluding carboxylic acids is 1. The lowest BCUT2D eigenvalue weighted by atomic mass is 9.79. The summed E-state index contributed by atoms with van der Waals surface area (Å²) in [5.41, 5.74) is 2.02. The van der Waals surface area contributed by atoms with Crippen molar-refractivity contribution < 1.29 is 27.6 Å². The molecule has 0 aromatic heterocycles. The number of nitro groups is 1. The highest BCUT2D eigenvalue weighted by atomic mass is 32.2. The number of halogens is 3. The number of alkyl halides is 3. The molecule has 0 bridgehead atoms. The quantitative estimate of drug-likeness (QED) is 0.580. The number of benzene rings is 1. The van der Waals surface area contributed by atoms with Crippen molar-refractivity contribution in [2.75, 3.05) is 5.75 Å². The molecule has 28 heavy (non-hydrogen) atoms. The molecule has 3 aliphatic rings. The fraction of sp³-hybridized carbons (Fsp3) is 0.389. The molecule has 148 valence electrons. The fourth-order valence-electron chi connectivity index (χ4n) is 3.88. The molecule has 1 atom stereocenters. The standard InChI is InChI=1S/C18H15F3N2O4S/c19-18(20,21)27-14-5-4-9(8-12(14)23(25)26)15-16-10(2-1-3-13(16)24)22-11-6-7-28-17(11)15/h4-5,8,15,22H,1-3,6-7H2. The monoisotopic (exact) mass is 412 g/mol. The maximum atomic E-state index is 12.6. The van der Waals surface area contributed by atoms with Crippen molar-refractivity contribution in [3.8, 4) is 5.75 Å². The molecule has 1 unspecified atom stereocenters. The molecule has 10 heteroatoms. The number of hydrogen-bond acceptors (Lipinski definition) is 6. The molecule has 4 rings (SSSR count). The van der Waals surface area contributed by atoms with Crippen molar-refractivity contribution in [3.05, 3.63) is 55.7 Å². The number of thioether (sulfide) groups is 1. The molecular weight excluding hydrogens is 397 g/mol. The number of nitro benzene ring substituents is 1. The summed E-state index contributed by atoms with van der Waals surface area (Å²) in [5, 5.41) is 14.7. The molecule has 1 aromatic rings. The maximum Gasteiger partial charge on any atom is 0.573 e. The van der Waals surface area contributed by atoms with Crippen LogP contribution in [0.2, 0.25) is 0 Å². The Morgan fingerprint density at radius 2 is 2.00 bits per heavy atom. The summed E-state index contributed by atoms with van der Waals surface area (Å²) in [6.45, 7) is 0. The van der Waals surface area contributed by atoms with E-state index in [1.807, 2.05) is 0 Å². The third kappa shape index (κ3) is 3.36. The first-order chi connectivity index (χ1) is 13.2. The summed E-state index contributed by atoms with van der Waals surface area (Å²) in [7, 11) is 0. The molecule has 1 N–H and O–H groups in total. The Labute approximate surface area is 162 Å². The Bertz CT molecular complexity index is 939. The zero-order chi connectivity index (χ0) is 20.1. The Hall–Kier alpha value is -2.49. The number of dihydropyridines is 1. The van der Waals surface area contributed by atoms with Crippen molar-refractivity contribution >= 4 is 23.2 Å². The first-order valence-electron chi connectivity index (χ1n) is 8.68. The van der Waals surface area contributed by atoms with Crippen LogP contribution >= 0.6 is 11.8 Å². The lowest BCUT2D eigenvalue weighted by molar-refractivity contribution is -0.388. The molecule has 0 spiro atoms. The van der Waals surface area contributed by atoms with Crippen LogP contribution in [-0.4, -0.2) is 22.8 Å². The van der Waals surface area contributed by atoms with Gasteiger partial charge in [-0.15, -0.1) is 24.9 Å². The highest BCUT2D eigenvalue weighted by Gasteiger charge is 2.40. The molecule has 6 nitrogen and oxygen atoms in total. The van der Waals surface area contributed by atoms with E-state index >= 15 is 0 Å². The second kappa shape index (κ2) is 6.84. The zero-order valence-corrected chi connectivity index (χ0v) is 15.3. The van der Waals surface area contributed by atoms with Crippen molar-refractivity contribution in [2.45, 2.75) is 38.0 Å². The van der Waals surface area contributed by atoms with Gasteiger partial charge in [0.05, 0.1) is 4.92 Å². The number of nitrogens with zero attached hydrogens (tertiary/aromatic N) is 1. The Balaban J connectivity index is 1.82. The number of ketones is 1. The van der Waals surface area contributed by atoms with E-state index in [1.54, 1.807) is 11.8 Å². The lowest BCUT2D eigenvalue weighted by Gasteiger charge is -2.33. The third-order valence-electron chi connectivity index (χ3n) is 4.95. The summed E-state index contributed by atoms with van der Waals surface area (Å²) in [6.07, 6.45) is -2.42. The van der Waals surface area contributed by atoms with Gasteiger partial charge in [-0.1, -0.05) is 6.07 Å². The van der Waals surface area contributed by atoms with Crippen molar-refractivity contribution in [2.24, 2.45) is 0 Å². The highest BCUT2D eigenvalue weighted by Crippen LogP contribution is 2.51. The molecule has 2 heterocycles. The van der Waals surface area contributed by atoms with Gasteiger partial charge in [-0.2, -0.15) is 0 Å². The summed E-state index contributed by atoms with van der Waals surface area (Å²) in [5.74, 6) is -0.575. The van der Waals surface area contributed by atoms with Gasteiger partial charge in [0, 0.05) is 46.0 Å². The summed E-state index contributed by atoms with van der Waals surface area (Å²) in [4.78, 5) is 24.0. The average molecular weight is 412 g/mol. The SMILES string of the molecule is O=C1CCCC2=C1C(c1ccc(OC(F)(F)F)c([N+](=O)[O-])c1)C1=C(CCS1)N2. The van der Waals surface area contributed by atoms with Crippen LogP contribution in [0.1, 0.15) is 37.2 Å². The predicted molar refractivity (Wildman–Crippen MR) is 95.6 cm³/mol. The summed E-state index contributed by atoms with van der Waals surface area (Å²) in [6, 6.07) is 3.42. The minimum atomic E-state index is -5.03. The number of allylic oxidation sites excluding steroid dienone is 4. The molecule has 0 fully saturated rings. The van der Waals surface area contributed by atoms with E-state index in [0.29, 0.717) is 24.0 Å². The molecular formula is C18H15F3N2O4S. The predicted octanol–water partition coefficient (Wildman–Crippen LogP) is 4.54. The maximum absolute atomic E-state index is 12.6. The molecule has 0 saturated carbocycles. The van der Waals surface area contributed by atoms with Gasteiger partial charge in [0.1, 0.15) is 0 Å². The van der Waals surface area contributed by atoms with E-state index in [9.17, 15) is 28.1 Å². The summed E-state index contributed by atoms with van der Waals surface area (Å²) < 4.78 is 41.5. The van der Waals surface area contributed by atoms with E-state index < -0.39 is 28.6 Å². The van der Waals surface area contributed by atoms with Crippen LogP contribution in [0, 0.1) is 10.1 Å². The number of rotatable bonds is 3.